The average molecular weight is 448 g/mol. The second-order valence-corrected chi connectivity index (χ2v) is 12.0. The Balaban J connectivity index is 3.88. The van der Waals surface area contributed by atoms with Crippen LogP contribution in [0.3, 0.4) is 0 Å². The molecule has 0 aromatic heterocycles. The molecular weight excluding hydrogens is 412 g/mol. The monoisotopic (exact) mass is 448 g/mol. The van der Waals surface area contributed by atoms with E-state index < -0.39 is 0 Å². The van der Waals surface area contributed by atoms with E-state index in [0.717, 1.165) is 0 Å². The van der Waals surface area contributed by atoms with Gasteiger partial charge < -0.3 is 0 Å². The van der Waals surface area contributed by atoms with Gasteiger partial charge in [0.25, 0.3) is 0 Å². The first-order chi connectivity index (χ1) is 8.44. The van der Waals surface area contributed by atoms with Crippen molar-refractivity contribution < 1.29 is 19.4 Å². The van der Waals surface area contributed by atoms with Crippen LogP contribution in [0.1, 0.15) is 83.1 Å². The molecule has 0 aromatic carbocycles. The van der Waals surface area contributed by atoms with E-state index in [1.807, 2.05) is 0 Å². The van der Waals surface area contributed by atoms with Crippen LogP contribution in [0.25, 0.3) is 0 Å². The first-order valence-corrected chi connectivity index (χ1v) is 9.42. The Morgan fingerprint density at radius 2 is 0.700 bits per heavy atom. The summed E-state index contributed by atoms with van der Waals surface area (Å²) in [5.74, 6) is 0. The molecule has 0 aliphatic heterocycles. The predicted octanol–water partition coefficient (Wildman–Crippen LogP) is 5.88. The molecule has 1 heteroatoms. The molecule has 0 amide bonds. The maximum absolute atomic E-state index is 2.54. The van der Waals surface area contributed by atoms with Gasteiger partial charge in [-0.3, -0.25) is 0 Å². The van der Waals surface area contributed by atoms with Crippen LogP contribution in [0.2, 0.25) is 0 Å². The van der Waals surface area contributed by atoms with Gasteiger partial charge in [-0.1, -0.05) is 0 Å². The molecule has 20 heavy (non-hydrogen) atoms. The van der Waals surface area contributed by atoms with E-state index in [9.17, 15) is 0 Å². The zero-order valence-electron chi connectivity index (χ0n) is 15.9. The van der Waals surface area contributed by atoms with Gasteiger partial charge in [0.05, 0.1) is 0 Å². The van der Waals surface area contributed by atoms with Crippen LogP contribution in [-0.2, 0) is 19.4 Å². The SMILES string of the molecule is C[C](=[W])C1(C)C(C)(C)C(C)(C)C(C)(C)C(C)(C)C1(C)C. The molecule has 0 heterocycles. The zero-order chi connectivity index (χ0) is 16.6. The number of rotatable bonds is 1. The third-order valence-corrected chi connectivity index (χ3v) is 10.9. The van der Waals surface area contributed by atoms with E-state index in [0.29, 0.717) is 0 Å². The van der Waals surface area contributed by atoms with Crippen molar-refractivity contribution in [3.05, 3.63) is 0 Å². The van der Waals surface area contributed by atoms with E-state index in [4.69, 9.17) is 0 Å². The van der Waals surface area contributed by atoms with E-state index in [1.165, 1.54) is 0 Å². The molecule has 1 aliphatic rings. The van der Waals surface area contributed by atoms with Crippen molar-refractivity contribution in [3.8, 4) is 0 Å². The van der Waals surface area contributed by atoms with E-state index >= 15 is 0 Å². The predicted molar refractivity (Wildman–Crippen MR) is 87.7 cm³/mol. The molecule has 0 bridgehead atoms. The van der Waals surface area contributed by atoms with Gasteiger partial charge in [0.2, 0.25) is 0 Å². The molecule has 0 radical (unpaired) electrons. The molecule has 118 valence electrons. The number of hydrogen-bond acceptors (Lipinski definition) is 0. The third kappa shape index (κ3) is 1.56. The van der Waals surface area contributed by atoms with Gasteiger partial charge in [0, 0.05) is 0 Å². The fraction of sp³-hybridized carbons (Fsp3) is 0.947. The molecule has 0 N–H and O–H groups in total. The summed E-state index contributed by atoms with van der Waals surface area (Å²) in [6.07, 6.45) is 0. The van der Waals surface area contributed by atoms with Gasteiger partial charge in [0.1, 0.15) is 0 Å². The molecule has 0 spiro atoms. The van der Waals surface area contributed by atoms with Crippen molar-refractivity contribution in [3.63, 3.8) is 0 Å². The summed E-state index contributed by atoms with van der Waals surface area (Å²) in [6.45, 7) is 30.0. The van der Waals surface area contributed by atoms with Crippen LogP contribution in [0, 0.1) is 32.5 Å². The summed E-state index contributed by atoms with van der Waals surface area (Å²) in [5.41, 5.74) is 1.58. The van der Waals surface area contributed by atoms with Crippen LogP contribution in [0.4, 0.5) is 0 Å². The molecule has 1 fully saturated rings. The maximum atomic E-state index is 2.54. The van der Waals surface area contributed by atoms with Crippen molar-refractivity contribution in [1.29, 1.82) is 0 Å². The topological polar surface area (TPSA) is 0 Å². The molecule has 0 saturated heterocycles. The standard InChI is InChI=1S/C19H36.W/c1-13-19(12)17(8,9)15(4,5)14(2,3)16(6,7)18(19,10)11;/h1-12H3;. The van der Waals surface area contributed by atoms with Gasteiger partial charge in [-0.2, -0.15) is 0 Å². The minimum atomic E-state index is 0.248. The Morgan fingerprint density at radius 1 is 0.500 bits per heavy atom. The fourth-order valence-corrected chi connectivity index (χ4v) is 7.09. The van der Waals surface area contributed by atoms with Crippen molar-refractivity contribution in [2.24, 2.45) is 32.5 Å². The summed E-state index contributed by atoms with van der Waals surface area (Å²) in [4.78, 5) is 0. The summed E-state index contributed by atoms with van der Waals surface area (Å²) in [7, 11) is 0. The normalized spacial score (nSPS) is 31.6. The van der Waals surface area contributed by atoms with Crippen LogP contribution >= 0.6 is 0 Å². The molecule has 0 aromatic rings. The van der Waals surface area contributed by atoms with E-state index in [2.05, 4.69) is 83.1 Å². The van der Waals surface area contributed by atoms with Crippen molar-refractivity contribution in [2.45, 2.75) is 83.1 Å². The molecule has 1 aliphatic carbocycles. The Bertz CT molecular complexity index is 403. The first kappa shape index (κ1) is 18.6. The molecule has 1 saturated carbocycles. The Hall–Kier alpha value is 0.558. The van der Waals surface area contributed by atoms with E-state index in [1.54, 1.807) is 23.3 Å². The van der Waals surface area contributed by atoms with Gasteiger partial charge in [-0.25, -0.2) is 0 Å². The first-order valence-electron chi connectivity index (χ1n) is 7.95. The summed E-state index contributed by atoms with van der Waals surface area (Å²) in [5, 5.41) is 0. The Labute approximate surface area is 138 Å². The second-order valence-electron chi connectivity index (χ2n) is 9.81. The van der Waals surface area contributed by atoms with Crippen LogP contribution in [0.15, 0.2) is 0 Å². The summed E-state index contributed by atoms with van der Waals surface area (Å²) in [6, 6.07) is 0. The van der Waals surface area contributed by atoms with Gasteiger partial charge in [-0.15, -0.1) is 0 Å². The fourth-order valence-electron chi connectivity index (χ4n) is 5.26. The minimum absolute atomic E-state index is 0.248. The van der Waals surface area contributed by atoms with Crippen LogP contribution in [-0.4, -0.2) is 3.90 Å². The van der Waals surface area contributed by atoms with Gasteiger partial charge in [0.15, 0.2) is 0 Å². The van der Waals surface area contributed by atoms with Crippen molar-refractivity contribution in [2.75, 3.05) is 0 Å². The molecule has 1 rings (SSSR count). The quantitative estimate of drug-likeness (QED) is 0.470. The summed E-state index contributed by atoms with van der Waals surface area (Å²) < 4.78 is 1.66. The number of hydrogen-bond donors (Lipinski definition) is 0. The summed E-state index contributed by atoms with van der Waals surface area (Å²) >= 11 is 1.65. The average Bonchev–Trinajstić information content (AvgIpc) is 2.24. The van der Waals surface area contributed by atoms with E-state index in [-0.39, 0.29) is 32.5 Å². The van der Waals surface area contributed by atoms with Gasteiger partial charge in [-0.05, 0) is 0 Å². The van der Waals surface area contributed by atoms with Gasteiger partial charge >= 0.3 is 139 Å². The Kier molecular flexibility index (Phi) is 4.00. The van der Waals surface area contributed by atoms with Crippen molar-refractivity contribution >= 4 is 3.90 Å². The third-order valence-electron chi connectivity index (χ3n) is 9.45. The van der Waals surface area contributed by atoms with Crippen LogP contribution in [0.5, 0.6) is 0 Å². The second kappa shape index (κ2) is 4.30. The zero-order valence-corrected chi connectivity index (χ0v) is 18.8. The molecule has 0 atom stereocenters. The molecule has 0 nitrogen and oxygen atoms in total. The molecular formula is C19H36W. The molecule has 0 unspecified atom stereocenters. The Morgan fingerprint density at radius 3 is 0.900 bits per heavy atom. The van der Waals surface area contributed by atoms with Crippen LogP contribution < -0.4 is 0 Å². The van der Waals surface area contributed by atoms with Crippen molar-refractivity contribution in [1.82, 2.24) is 0 Å².